The molecular weight excluding hydrogens is 672 g/mol. The number of rotatable bonds is 7. The average molecular weight is 727 g/mol. The van der Waals surface area contributed by atoms with Crippen LogP contribution in [0.25, 0.3) is 0 Å². The Labute approximate surface area is 294 Å². The van der Waals surface area contributed by atoms with Gasteiger partial charge >= 0.3 is 19.5 Å². The Bertz CT molecular complexity index is 898. The van der Waals surface area contributed by atoms with Gasteiger partial charge < -0.3 is 44.4 Å². The maximum Gasteiger partial charge on any atom is 4.00 e. The third-order valence-corrected chi connectivity index (χ3v) is 11.4. The molecule has 1 aromatic rings. The molecule has 0 atom stereocenters. The number of halogens is 2. The molecule has 0 unspecified atom stereocenters. The van der Waals surface area contributed by atoms with E-state index in [9.17, 15) is 0 Å². The SMILES string of the molecule is C1=CN(C2CCCCC2)[C-](C(c2ccccc2)[C-]2N(C3CCCCC3)C=CN2C2CCCCC2)N1C1CCCCC1.[Cl-].[Cl-].[Ru+4]. The monoisotopic (exact) mass is 726 g/mol. The molecular formula is C37H54Cl2N4Ru. The second kappa shape index (κ2) is 17.3. The molecule has 244 valence electrons. The summed E-state index contributed by atoms with van der Waals surface area (Å²) in [5, 5.41) is 0. The van der Waals surface area contributed by atoms with E-state index in [0.29, 0.717) is 24.2 Å². The minimum atomic E-state index is 0. The van der Waals surface area contributed by atoms with Crippen LogP contribution in [0.15, 0.2) is 55.1 Å². The van der Waals surface area contributed by atoms with Gasteiger partial charge in [0.05, 0.1) is 0 Å². The first-order chi connectivity index (χ1) is 20.4. The third kappa shape index (κ3) is 7.63. The molecule has 2 heterocycles. The van der Waals surface area contributed by atoms with Crippen molar-refractivity contribution < 1.29 is 44.3 Å². The molecule has 0 spiro atoms. The largest absolute Gasteiger partial charge is 4.00 e. The number of hydrogen-bond donors (Lipinski definition) is 0. The standard InChI is InChI=1S/C37H54N4.2ClH.Ru/c1-6-16-30(17-7-1)35(36-38(31-18-8-2-9-19-31)26-27-39(36)32-20-10-3-11-21-32)37-40(33-22-12-4-13-23-33)28-29-41(37)34-24-14-5-15-25-34;;;/h1,6-7,16-17,26-29,31-35H,2-5,8-15,18-25H2;2*1H;/q-2;;;+4/p-2. The van der Waals surface area contributed by atoms with Crippen LogP contribution in [-0.4, -0.2) is 43.8 Å². The summed E-state index contributed by atoms with van der Waals surface area (Å²) >= 11 is 0. The zero-order chi connectivity index (χ0) is 27.4. The van der Waals surface area contributed by atoms with Crippen LogP contribution in [0, 0.1) is 12.3 Å². The molecule has 6 aliphatic rings. The summed E-state index contributed by atoms with van der Waals surface area (Å²) in [4.78, 5) is 11.2. The molecule has 4 nitrogen and oxygen atoms in total. The van der Waals surface area contributed by atoms with Crippen molar-refractivity contribution in [3.63, 3.8) is 0 Å². The van der Waals surface area contributed by atoms with Gasteiger partial charge in [0.2, 0.25) is 0 Å². The Hall–Kier alpha value is -0.897. The van der Waals surface area contributed by atoms with Crippen LogP contribution in [0.4, 0.5) is 0 Å². The van der Waals surface area contributed by atoms with E-state index >= 15 is 0 Å². The molecule has 7 heteroatoms. The van der Waals surface area contributed by atoms with Crippen molar-refractivity contribution in [3.8, 4) is 0 Å². The fourth-order valence-corrected chi connectivity index (χ4v) is 9.19. The zero-order valence-electron chi connectivity index (χ0n) is 26.6. The molecule has 4 aliphatic carbocycles. The van der Waals surface area contributed by atoms with Crippen molar-refractivity contribution in [2.24, 2.45) is 0 Å². The summed E-state index contributed by atoms with van der Waals surface area (Å²) in [7, 11) is 0. The minimum absolute atomic E-state index is 0. The van der Waals surface area contributed by atoms with Crippen LogP contribution >= 0.6 is 0 Å². The van der Waals surface area contributed by atoms with E-state index in [1.807, 2.05) is 0 Å². The smallest absolute Gasteiger partial charge is 1.00 e. The molecule has 0 radical (unpaired) electrons. The maximum absolute atomic E-state index is 2.80. The summed E-state index contributed by atoms with van der Waals surface area (Å²) in [5.74, 6) is 0.258. The Balaban J connectivity index is 0.00000147. The van der Waals surface area contributed by atoms with Crippen LogP contribution in [-0.2, 0) is 19.5 Å². The second-order valence-electron chi connectivity index (χ2n) is 14.0. The van der Waals surface area contributed by atoms with Crippen molar-refractivity contribution in [1.29, 1.82) is 0 Å². The van der Waals surface area contributed by atoms with E-state index in [2.05, 4.69) is 74.7 Å². The topological polar surface area (TPSA) is 13.0 Å². The predicted octanol–water partition coefficient (Wildman–Crippen LogP) is 3.26. The van der Waals surface area contributed by atoms with Crippen LogP contribution in [0.5, 0.6) is 0 Å². The minimum Gasteiger partial charge on any atom is -1.00 e. The maximum atomic E-state index is 2.80. The molecule has 1 aromatic carbocycles. The van der Waals surface area contributed by atoms with Gasteiger partial charge in [-0.15, -0.1) is 0 Å². The molecule has 7 rings (SSSR count). The Morgan fingerprint density at radius 3 is 0.977 bits per heavy atom. The summed E-state index contributed by atoms with van der Waals surface area (Å²) in [6.45, 7) is 0. The molecule has 0 saturated heterocycles. The summed E-state index contributed by atoms with van der Waals surface area (Å²) in [5.41, 5.74) is 1.48. The van der Waals surface area contributed by atoms with E-state index < -0.39 is 0 Å². The molecule has 0 bridgehead atoms. The van der Waals surface area contributed by atoms with Gasteiger partial charge in [-0.05, 0) is 76.2 Å². The van der Waals surface area contributed by atoms with Gasteiger partial charge in [0.15, 0.2) is 0 Å². The first-order valence-electron chi connectivity index (χ1n) is 17.7. The molecule has 4 fully saturated rings. The van der Waals surface area contributed by atoms with Gasteiger partial charge in [-0.1, -0.05) is 113 Å². The van der Waals surface area contributed by atoms with Crippen LogP contribution < -0.4 is 24.8 Å². The van der Waals surface area contributed by atoms with Crippen molar-refractivity contribution in [2.75, 3.05) is 0 Å². The van der Waals surface area contributed by atoms with E-state index in [1.165, 1.54) is 134 Å². The van der Waals surface area contributed by atoms with E-state index in [1.54, 1.807) is 12.3 Å². The molecule has 0 N–H and O–H groups in total. The van der Waals surface area contributed by atoms with Gasteiger partial charge in [0.1, 0.15) is 0 Å². The first kappa shape index (κ1) is 35.9. The fourth-order valence-electron chi connectivity index (χ4n) is 9.19. The van der Waals surface area contributed by atoms with Gasteiger partial charge in [-0.25, -0.2) is 0 Å². The van der Waals surface area contributed by atoms with Gasteiger partial charge in [-0.3, -0.25) is 0 Å². The molecule has 0 aromatic heterocycles. The van der Waals surface area contributed by atoms with Crippen LogP contribution in [0.3, 0.4) is 0 Å². The van der Waals surface area contributed by atoms with E-state index in [4.69, 9.17) is 0 Å². The molecule has 4 saturated carbocycles. The molecule has 2 aliphatic heterocycles. The van der Waals surface area contributed by atoms with Gasteiger partial charge in [-0.2, -0.15) is 18.2 Å². The van der Waals surface area contributed by atoms with Crippen molar-refractivity contribution in [3.05, 3.63) is 73.0 Å². The van der Waals surface area contributed by atoms with Crippen LogP contribution in [0.2, 0.25) is 0 Å². The molecule has 44 heavy (non-hydrogen) atoms. The number of nitrogens with zero attached hydrogens (tertiary/aromatic N) is 4. The quantitative estimate of drug-likeness (QED) is 0.316. The Morgan fingerprint density at radius 1 is 0.432 bits per heavy atom. The first-order valence-corrected chi connectivity index (χ1v) is 17.7. The summed E-state index contributed by atoms with van der Waals surface area (Å²) in [6.07, 6.45) is 40.5. The normalized spacial score (nSPS) is 24.9. The zero-order valence-corrected chi connectivity index (χ0v) is 29.9. The van der Waals surface area contributed by atoms with Crippen molar-refractivity contribution in [1.82, 2.24) is 19.6 Å². The predicted molar refractivity (Wildman–Crippen MR) is 169 cm³/mol. The van der Waals surface area contributed by atoms with Crippen LogP contribution in [0.1, 0.15) is 140 Å². The third-order valence-electron chi connectivity index (χ3n) is 11.4. The van der Waals surface area contributed by atoms with Gasteiger partial charge in [0, 0.05) is 24.2 Å². The summed E-state index contributed by atoms with van der Waals surface area (Å²) < 4.78 is 0. The fraction of sp³-hybridized carbons (Fsp3) is 0.676. The van der Waals surface area contributed by atoms with E-state index in [-0.39, 0.29) is 50.2 Å². The van der Waals surface area contributed by atoms with Crippen molar-refractivity contribution >= 4 is 0 Å². The number of hydrogen-bond acceptors (Lipinski definition) is 4. The van der Waals surface area contributed by atoms with E-state index in [0.717, 1.165) is 0 Å². The van der Waals surface area contributed by atoms with Gasteiger partial charge in [0.25, 0.3) is 0 Å². The summed E-state index contributed by atoms with van der Waals surface area (Å²) in [6, 6.07) is 14.2. The Morgan fingerprint density at radius 2 is 0.705 bits per heavy atom. The second-order valence-corrected chi connectivity index (χ2v) is 14.0. The number of benzene rings is 1. The average Bonchev–Trinajstić information content (AvgIpc) is 3.69. The Kier molecular flexibility index (Phi) is 14.1. The molecule has 0 amide bonds. The van der Waals surface area contributed by atoms with Crippen molar-refractivity contribution in [2.45, 2.75) is 159 Å².